The van der Waals surface area contributed by atoms with Crippen molar-refractivity contribution in [1.29, 1.82) is 0 Å². The van der Waals surface area contributed by atoms with E-state index in [0.29, 0.717) is 28.2 Å². The number of nitrogens with zero attached hydrogens (tertiary/aromatic N) is 3. The summed E-state index contributed by atoms with van der Waals surface area (Å²) in [6.45, 7) is 2.64. The molecule has 4 N–H and O–H groups in total. The molecule has 0 saturated carbocycles. The predicted molar refractivity (Wildman–Crippen MR) is 136 cm³/mol. The lowest BCUT2D eigenvalue weighted by atomic mass is 10.3. The van der Waals surface area contributed by atoms with Crippen molar-refractivity contribution in [3.8, 4) is 11.5 Å². The Balaban J connectivity index is 0.000000442. The standard InChI is InChI=1S/C18H18ClN5O2S.C5H11N/c1-20-27-16-6-4-3-5-14(16)22-17-12(19)10-21-18(24-17)23-13-8-7-11(25)9-15(13)26-2;1-6-4-2-3-5-6/h3-10,20,25H,1-2H3,(H2,21,22,23,24);2-5H2,1H3. The zero-order valence-corrected chi connectivity index (χ0v) is 20.5. The third-order valence-corrected chi connectivity index (χ3v) is 5.91. The lowest BCUT2D eigenvalue weighted by Gasteiger charge is -2.14. The van der Waals surface area contributed by atoms with E-state index in [1.54, 1.807) is 12.1 Å². The number of hydrogen-bond acceptors (Lipinski definition) is 9. The first-order valence-electron chi connectivity index (χ1n) is 10.5. The molecule has 4 rings (SSSR count). The Bertz CT molecular complexity index is 1050. The van der Waals surface area contributed by atoms with Crippen LogP contribution in [0.5, 0.6) is 11.5 Å². The number of benzene rings is 2. The average Bonchev–Trinajstić information content (AvgIpc) is 3.30. The first-order valence-corrected chi connectivity index (χ1v) is 11.7. The molecule has 2 heterocycles. The minimum atomic E-state index is 0.107. The van der Waals surface area contributed by atoms with E-state index in [9.17, 15) is 5.11 Å². The third kappa shape index (κ3) is 7.40. The van der Waals surface area contributed by atoms with Crippen molar-refractivity contribution in [3.05, 3.63) is 53.7 Å². The monoisotopic (exact) mass is 488 g/mol. The molecule has 3 aromatic rings. The van der Waals surface area contributed by atoms with Crippen LogP contribution >= 0.6 is 23.5 Å². The number of methoxy groups -OCH3 is 1. The topological polar surface area (TPSA) is 94.6 Å². The summed E-state index contributed by atoms with van der Waals surface area (Å²) in [6.07, 6.45) is 4.34. The Morgan fingerprint density at radius 3 is 2.52 bits per heavy atom. The van der Waals surface area contributed by atoms with Crippen LogP contribution in [0.3, 0.4) is 0 Å². The first-order chi connectivity index (χ1) is 16.0. The molecule has 33 heavy (non-hydrogen) atoms. The second-order valence-electron chi connectivity index (χ2n) is 7.34. The summed E-state index contributed by atoms with van der Waals surface area (Å²) in [6, 6.07) is 12.5. The van der Waals surface area contributed by atoms with E-state index in [-0.39, 0.29) is 5.75 Å². The van der Waals surface area contributed by atoms with Crippen molar-refractivity contribution in [2.75, 3.05) is 44.9 Å². The molecule has 2 aromatic carbocycles. The number of aromatic nitrogens is 2. The minimum absolute atomic E-state index is 0.107. The zero-order chi connectivity index (χ0) is 23.6. The number of halogens is 1. The molecule has 0 aliphatic carbocycles. The largest absolute Gasteiger partial charge is 0.508 e. The van der Waals surface area contributed by atoms with E-state index in [1.807, 2.05) is 31.3 Å². The van der Waals surface area contributed by atoms with Gasteiger partial charge < -0.3 is 25.4 Å². The van der Waals surface area contributed by atoms with Crippen LogP contribution in [0.4, 0.5) is 23.1 Å². The Kier molecular flexibility index (Phi) is 9.44. The van der Waals surface area contributed by atoms with Crippen LogP contribution in [-0.2, 0) is 0 Å². The van der Waals surface area contributed by atoms with Crippen LogP contribution in [0, 0.1) is 0 Å². The minimum Gasteiger partial charge on any atom is -0.508 e. The van der Waals surface area contributed by atoms with Gasteiger partial charge in [-0.05, 0) is 76.2 Å². The number of rotatable bonds is 7. The van der Waals surface area contributed by atoms with Gasteiger partial charge in [-0.25, -0.2) is 4.98 Å². The maximum absolute atomic E-state index is 9.58. The number of hydrogen-bond donors (Lipinski definition) is 4. The smallest absolute Gasteiger partial charge is 0.229 e. The zero-order valence-electron chi connectivity index (χ0n) is 18.9. The van der Waals surface area contributed by atoms with Crippen molar-refractivity contribution in [1.82, 2.24) is 19.6 Å². The molecule has 0 spiro atoms. The van der Waals surface area contributed by atoms with Crippen molar-refractivity contribution in [2.24, 2.45) is 0 Å². The van der Waals surface area contributed by atoms with Gasteiger partial charge in [0, 0.05) is 11.0 Å². The van der Waals surface area contributed by atoms with Crippen LogP contribution in [0.2, 0.25) is 5.02 Å². The molecule has 1 saturated heterocycles. The highest BCUT2D eigenvalue weighted by atomic mass is 35.5. The molecule has 1 aliphatic rings. The summed E-state index contributed by atoms with van der Waals surface area (Å²) in [4.78, 5) is 12.0. The fourth-order valence-electron chi connectivity index (χ4n) is 3.19. The van der Waals surface area contributed by atoms with Crippen molar-refractivity contribution >= 4 is 46.7 Å². The highest BCUT2D eigenvalue weighted by molar-refractivity contribution is 7.97. The Morgan fingerprint density at radius 1 is 1.09 bits per heavy atom. The van der Waals surface area contributed by atoms with Crippen LogP contribution in [0.25, 0.3) is 0 Å². The Hall–Kier alpha value is -2.72. The van der Waals surface area contributed by atoms with E-state index in [0.717, 1.165) is 10.6 Å². The van der Waals surface area contributed by atoms with Gasteiger partial charge in [-0.1, -0.05) is 23.7 Å². The molecule has 0 atom stereocenters. The quantitative estimate of drug-likeness (QED) is 0.262. The number of phenols is 1. The highest BCUT2D eigenvalue weighted by Crippen LogP contribution is 2.33. The molecule has 0 amide bonds. The van der Waals surface area contributed by atoms with Crippen LogP contribution in [0.1, 0.15) is 12.8 Å². The highest BCUT2D eigenvalue weighted by Gasteiger charge is 2.11. The van der Waals surface area contributed by atoms with Crippen LogP contribution in [0.15, 0.2) is 53.6 Å². The molecular formula is C23H29ClN6O2S. The molecule has 10 heteroatoms. The van der Waals surface area contributed by atoms with E-state index < -0.39 is 0 Å². The molecule has 0 radical (unpaired) electrons. The number of aromatic hydroxyl groups is 1. The van der Waals surface area contributed by atoms with Crippen molar-refractivity contribution < 1.29 is 9.84 Å². The van der Waals surface area contributed by atoms with Gasteiger partial charge in [0.15, 0.2) is 5.82 Å². The fraction of sp³-hybridized carbons (Fsp3) is 0.304. The van der Waals surface area contributed by atoms with Crippen LogP contribution < -0.4 is 20.1 Å². The summed E-state index contributed by atoms with van der Waals surface area (Å²) < 4.78 is 8.31. The number of ether oxygens (including phenoxy) is 1. The predicted octanol–water partition coefficient (Wildman–Crippen LogP) is 5.27. The van der Waals surface area contributed by atoms with Crippen LogP contribution in [-0.4, -0.2) is 54.3 Å². The van der Waals surface area contributed by atoms with E-state index >= 15 is 0 Å². The Morgan fingerprint density at radius 2 is 1.85 bits per heavy atom. The summed E-state index contributed by atoms with van der Waals surface area (Å²) in [5, 5.41) is 16.3. The molecule has 0 bridgehead atoms. The molecular weight excluding hydrogens is 460 g/mol. The SMILES string of the molecule is CN1CCCC1.CNSc1ccccc1Nc1nc(Nc2ccc(O)cc2OC)ncc1Cl. The Labute approximate surface area is 203 Å². The number of likely N-dealkylation sites (tertiary alicyclic amines) is 1. The molecule has 1 aliphatic heterocycles. The normalized spacial score (nSPS) is 13.2. The van der Waals surface area contributed by atoms with Crippen molar-refractivity contribution in [2.45, 2.75) is 17.7 Å². The number of phenolic OH excluding ortho intramolecular Hbond substituents is 1. The molecule has 8 nitrogen and oxygen atoms in total. The fourth-order valence-corrected chi connectivity index (χ4v) is 3.92. The first kappa shape index (κ1) is 24.9. The van der Waals surface area contributed by atoms with Gasteiger partial charge >= 0.3 is 0 Å². The van der Waals surface area contributed by atoms with E-state index in [2.05, 4.69) is 37.3 Å². The van der Waals surface area contributed by atoms with Gasteiger partial charge in [0.05, 0.1) is 24.7 Å². The van der Waals surface area contributed by atoms with Gasteiger partial charge in [-0.3, -0.25) is 4.72 Å². The third-order valence-electron chi connectivity index (χ3n) is 4.86. The average molecular weight is 489 g/mol. The van der Waals surface area contributed by atoms with Crippen molar-refractivity contribution in [3.63, 3.8) is 0 Å². The summed E-state index contributed by atoms with van der Waals surface area (Å²) in [7, 11) is 5.55. The van der Waals surface area contributed by atoms with E-state index in [1.165, 1.54) is 57.3 Å². The van der Waals surface area contributed by atoms with Gasteiger partial charge in [0.25, 0.3) is 0 Å². The molecule has 1 fully saturated rings. The lowest BCUT2D eigenvalue weighted by Crippen LogP contribution is -2.10. The lowest BCUT2D eigenvalue weighted by molar-refractivity contribution is 0.409. The number of para-hydroxylation sites is 1. The van der Waals surface area contributed by atoms with Gasteiger partial charge in [-0.15, -0.1) is 0 Å². The molecule has 176 valence electrons. The molecule has 1 aromatic heterocycles. The summed E-state index contributed by atoms with van der Waals surface area (Å²) in [5.74, 6) is 1.38. The summed E-state index contributed by atoms with van der Waals surface area (Å²) >= 11 is 7.75. The summed E-state index contributed by atoms with van der Waals surface area (Å²) in [5.41, 5.74) is 1.49. The number of nitrogens with one attached hydrogen (secondary N) is 3. The second kappa shape index (κ2) is 12.5. The van der Waals surface area contributed by atoms with Gasteiger partial charge in [0.1, 0.15) is 16.5 Å². The van der Waals surface area contributed by atoms with E-state index in [4.69, 9.17) is 16.3 Å². The van der Waals surface area contributed by atoms with Gasteiger partial charge in [-0.2, -0.15) is 4.98 Å². The second-order valence-corrected chi connectivity index (χ2v) is 8.80. The maximum atomic E-state index is 9.58. The maximum Gasteiger partial charge on any atom is 0.229 e. The number of anilines is 4. The van der Waals surface area contributed by atoms with Gasteiger partial charge in [0.2, 0.25) is 5.95 Å². The molecule has 0 unspecified atom stereocenters.